The molecule has 0 saturated heterocycles. The Hall–Kier alpha value is -1.29. The molecule has 0 aliphatic carbocycles. The minimum absolute atomic E-state index is 0.278. The smallest absolute Gasteiger partial charge is 0.335 e. The van der Waals surface area contributed by atoms with E-state index in [1.54, 1.807) is 18.4 Å². The first kappa shape index (κ1) is 7.81. The third-order valence-corrected chi connectivity index (χ3v) is 1.26. The summed E-state index contributed by atoms with van der Waals surface area (Å²) in [6, 6.07) is 0.278. The van der Waals surface area contributed by atoms with Gasteiger partial charge in [0.25, 0.3) is 0 Å². The third-order valence-electron chi connectivity index (χ3n) is 1.26. The van der Waals surface area contributed by atoms with E-state index in [0.29, 0.717) is 0 Å². The predicted octanol–water partition coefficient (Wildman–Crippen LogP) is -0.363. The lowest BCUT2D eigenvalue weighted by Crippen LogP contribution is -2.34. The molecule has 0 amide bonds. The van der Waals surface area contributed by atoms with E-state index in [0.717, 1.165) is 0 Å². The van der Waals surface area contributed by atoms with Gasteiger partial charge in [0.2, 0.25) is 0 Å². The van der Waals surface area contributed by atoms with Crippen LogP contribution in [0.1, 0.15) is 0 Å². The first-order chi connectivity index (χ1) is 5.22. The summed E-state index contributed by atoms with van der Waals surface area (Å²) in [6.07, 6.45) is 4.97. The SMILES string of the molecule is O=C(O)C(O)[C]1C=CC=CN1. The van der Waals surface area contributed by atoms with E-state index in [9.17, 15) is 4.79 Å². The van der Waals surface area contributed by atoms with Gasteiger partial charge < -0.3 is 15.5 Å². The van der Waals surface area contributed by atoms with E-state index in [1.807, 2.05) is 0 Å². The summed E-state index contributed by atoms with van der Waals surface area (Å²) in [7, 11) is 0. The summed E-state index contributed by atoms with van der Waals surface area (Å²) in [5.74, 6) is -1.26. The number of dihydropyridines is 1. The molecular weight excluding hydrogens is 146 g/mol. The third kappa shape index (κ3) is 1.81. The average Bonchev–Trinajstić information content (AvgIpc) is 2.05. The van der Waals surface area contributed by atoms with Gasteiger partial charge in [0.05, 0.1) is 0 Å². The molecule has 1 aliphatic rings. The zero-order valence-corrected chi connectivity index (χ0v) is 5.69. The number of nitrogens with one attached hydrogen (secondary N) is 1. The second-order valence-corrected chi connectivity index (χ2v) is 2.06. The molecule has 0 bridgehead atoms. The predicted molar refractivity (Wildman–Crippen MR) is 38.3 cm³/mol. The van der Waals surface area contributed by atoms with Crippen LogP contribution in [-0.4, -0.2) is 22.3 Å². The Bertz CT molecular complexity index is 210. The number of carboxylic acid groups (broad SMARTS) is 1. The summed E-state index contributed by atoms with van der Waals surface area (Å²) in [4.78, 5) is 10.2. The summed E-state index contributed by atoms with van der Waals surface area (Å²) >= 11 is 0. The monoisotopic (exact) mass is 154 g/mol. The van der Waals surface area contributed by atoms with E-state index in [4.69, 9.17) is 10.2 Å². The Labute approximate surface area is 63.8 Å². The van der Waals surface area contributed by atoms with Crippen LogP contribution in [0, 0.1) is 6.04 Å². The first-order valence-corrected chi connectivity index (χ1v) is 3.09. The Morgan fingerprint density at radius 1 is 1.55 bits per heavy atom. The van der Waals surface area contributed by atoms with E-state index in [2.05, 4.69) is 5.32 Å². The van der Waals surface area contributed by atoms with Gasteiger partial charge in [0, 0.05) is 0 Å². The van der Waals surface area contributed by atoms with Gasteiger partial charge in [-0.05, 0) is 12.3 Å². The molecule has 3 N–H and O–H groups in total. The largest absolute Gasteiger partial charge is 0.479 e. The number of carboxylic acids is 1. The molecule has 11 heavy (non-hydrogen) atoms. The van der Waals surface area contributed by atoms with Crippen molar-refractivity contribution in [2.45, 2.75) is 6.10 Å². The van der Waals surface area contributed by atoms with Gasteiger partial charge in [0.1, 0.15) is 6.04 Å². The minimum Gasteiger partial charge on any atom is -0.479 e. The maximum absolute atomic E-state index is 10.2. The number of aliphatic carboxylic acids is 1. The van der Waals surface area contributed by atoms with Gasteiger partial charge in [0.15, 0.2) is 6.10 Å². The maximum atomic E-state index is 10.2. The molecule has 0 aromatic rings. The lowest BCUT2D eigenvalue weighted by Gasteiger charge is -2.16. The first-order valence-electron chi connectivity index (χ1n) is 3.09. The molecule has 59 valence electrons. The van der Waals surface area contributed by atoms with Crippen LogP contribution in [0.4, 0.5) is 0 Å². The average molecular weight is 154 g/mol. The molecule has 1 heterocycles. The number of aliphatic hydroxyl groups is 1. The van der Waals surface area contributed by atoms with Crippen LogP contribution < -0.4 is 5.32 Å². The van der Waals surface area contributed by atoms with Crippen LogP contribution in [-0.2, 0) is 4.79 Å². The van der Waals surface area contributed by atoms with Gasteiger partial charge in [-0.3, -0.25) is 0 Å². The van der Waals surface area contributed by atoms with E-state index < -0.39 is 12.1 Å². The summed E-state index contributed by atoms with van der Waals surface area (Å²) in [5.41, 5.74) is 0. The van der Waals surface area contributed by atoms with Crippen molar-refractivity contribution in [1.29, 1.82) is 0 Å². The molecule has 1 rings (SSSR count). The Kier molecular flexibility index (Phi) is 2.28. The second kappa shape index (κ2) is 3.21. The number of hydrogen-bond donors (Lipinski definition) is 3. The standard InChI is InChI=1S/C7H8NO3/c9-6(7(10)11)5-3-1-2-4-8-5/h1-4,6,8-9H,(H,10,11). The molecule has 0 aromatic heterocycles. The fourth-order valence-electron chi connectivity index (χ4n) is 0.710. The summed E-state index contributed by atoms with van der Waals surface area (Å²) in [6.45, 7) is 0. The highest BCUT2D eigenvalue weighted by molar-refractivity contribution is 5.75. The Balaban J connectivity index is 2.55. The molecule has 0 fully saturated rings. The number of aliphatic hydroxyl groups excluding tert-OH is 1. The molecule has 4 heteroatoms. The summed E-state index contributed by atoms with van der Waals surface area (Å²) < 4.78 is 0. The molecule has 1 atom stereocenters. The van der Waals surface area contributed by atoms with Crippen LogP contribution >= 0.6 is 0 Å². The van der Waals surface area contributed by atoms with Crippen molar-refractivity contribution in [2.75, 3.05) is 0 Å². The lowest BCUT2D eigenvalue weighted by atomic mass is 10.1. The van der Waals surface area contributed by atoms with Crippen molar-refractivity contribution < 1.29 is 15.0 Å². The van der Waals surface area contributed by atoms with E-state index >= 15 is 0 Å². The number of hydrogen-bond acceptors (Lipinski definition) is 3. The molecule has 1 aliphatic heterocycles. The van der Waals surface area contributed by atoms with Crippen molar-refractivity contribution in [1.82, 2.24) is 5.32 Å². The Morgan fingerprint density at radius 2 is 2.27 bits per heavy atom. The number of carbonyl (C=O) groups is 1. The highest BCUT2D eigenvalue weighted by Gasteiger charge is 2.23. The number of allylic oxidation sites excluding steroid dienone is 2. The molecule has 0 aromatic carbocycles. The van der Waals surface area contributed by atoms with Gasteiger partial charge in [-0.25, -0.2) is 4.79 Å². The van der Waals surface area contributed by atoms with Gasteiger partial charge in [-0.15, -0.1) is 0 Å². The summed E-state index contributed by atoms with van der Waals surface area (Å²) in [5, 5.41) is 20.0. The van der Waals surface area contributed by atoms with Gasteiger partial charge >= 0.3 is 5.97 Å². The minimum atomic E-state index is -1.46. The maximum Gasteiger partial charge on any atom is 0.335 e. The van der Waals surface area contributed by atoms with Crippen LogP contribution in [0.25, 0.3) is 0 Å². The Morgan fingerprint density at radius 3 is 2.73 bits per heavy atom. The van der Waals surface area contributed by atoms with E-state index in [-0.39, 0.29) is 6.04 Å². The quantitative estimate of drug-likeness (QED) is 0.508. The highest BCUT2D eigenvalue weighted by Crippen LogP contribution is 2.08. The highest BCUT2D eigenvalue weighted by atomic mass is 16.4. The molecule has 4 nitrogen and oxygen atoms in total. The van der Waals surface area contributed by atoms with Crippen molar-refractivity contribution in [3.8, 4) is 0 Å². The fraction of sp³-hybridized carbons (Fsp3) is 0.143. The normalized spacial score (nSPS) is 19.4. The molecule has 0 saturated carbocycles. The van der Waals surface area contributed by atoms with Gasteiger partial charge in [-0.1, -0.05) is 12.2 Å². The van der Waals surface area contributed by atoms with Crippen LogP contribution in [0.15, 0.2) is 24.4 Å². The second-order valence-electron chi connectivity index (χ2n) is 2.06. The molecular formula is C7H8NO3. The lowest BCUT2D eigenvalue weighted by molar-refractivity contribution is -0.145. The van der Waals surface area contributed by atoms with Crippen molar-refractivity contribution in [3.63, 3.8) is 0 Å². The molecule has 1 radical (unpaired) electrons. The molecule has 1 unspecified atom stereocenters. The van der Waals surface area contributed by atoms with Crippen LogP contribution in [0.2, 0.25) is 0 Å². The number of rotatable bonds is 2. The zero-order valence-electron chi connectivity index (χ0n) is 5.69. The fourth-order valence-corrected chi connectivity index (χ4v) is 0.710. The van der Waals surface area contributed by atoms with Crippen molar-refractivity contribution in [3.05, 3.63) is 30.5 Å². The van der Waals surface area contributed by atoms with Crippen LogP contribution in [0.3, 0.4) is 0 Å². The van der Waals surface area contributed by atoms with Crippen molar-refractivity contribution >= 4 is 5.97 Å². The van der Waals surface area contributed by atoms with E-state index in [1.165, 1.54) is 6.08 Å². The van der Waals surface area contributed by atoms with Crippen LogP contribution in [0.5, 0.6) is 0 Å². The molecule has 0 spiro atoms. The zero-order chi connectivity index (χ0) is 8.27. The van der Waals surface area contributed by atoms with Gasteiger partial charge in [-0.2, -0.15) is 0 Å². The topological polar surface area (TPSA) is 69.6 Å². The van der Waals surface area contributed by atoms with Crippen molar-refractivity contribution in [2.24, 2.45) is 0 Å².